The number of benzene rings is 2. The topological polar surface area (TPSA) is 88.8 Å². The Hall–Kier alpha value is -3.26. The van der Waals surface area contributed by atoms with Crippen molar-refractivity contribution in [3.8, 4) is 11.5 Å². The van der Waals surface area contributed by atoms with E-state index < -0.39 is 0 Å². The second-order valence-electron chi connectivity index (χ2n) is 6.38. The van der Waals surface area contributed by atoms with E-state index in [4.69, 9.17) is 19.9 Å². The molecule has 0 spiro atoms. The summed E-state index contributed by atoms with van der Waals surface area (Å²) in [6.45, 7) is 0.996. The van der Waals surface area contributed by atoms with Crippen molar-refractivity contribution < 1.29 is 9.47 Å². The molecule has 7 nitrogen and oxygen atoms in total. The smallest absolute Gasteiger partial charge is 0.231 e. The number of nitrogens with one attached hydrogen (secondary N) is 2. The summed E-state index contributed by atoms with van der Waals surface area (Å²) in [7, 11) is 0. The molecule has 5 rings (SSSR count). The van der Waals surface area contributed by atoms with Crippen LogP contribution < -0.4 is 15.0 Å². The molecule has 2 aromatic heterocycles. The van der Waals surface area contributed by atoms with E-state index in [2.05, 4.69) is 22.1 Å². The number of fused-ring (bicyclic) bond motifs is 2. The van der Waals surface area contributed by atoms with Gasteiger partial charge in [0, 0.05) is 11.4 Å². The number of rotatable bonds is 5. The molecular weight excluding hydrogens is 374 g/mol. The molecule has 0 aliphatic carbocycles. The Morgan fingerprint density at radius 3 is 2.86 bits per heavy atom. The molecule has 4 aromatic rings. The van der Waals surface area contributed by atoms with Crippen molar-refractivity contribution in [1.82, 2.24) is 19.5 Å². The van der Waals surface area contributed by atoms with E-state index in [0.29, 0.717) is 10.7 Å². The molecule has 1 aliphatic rings. The fraction of sp³-hybridized carbons (Fsp3) is 0.150. The third kappa shape index (κ3) is 3.22. The van der Waals surface area contributed by atoms with Gasteiger partial charge in [-0.15, -0.1) is 0 Å². The number of ether oxygens (including phenoxy) is 2. The summed E-state index contributed by atoms with van der Waals surface area (Å²) in [5.41, 5.74) is 2.82. The molecule has 0 bridgehead atoms. The highest BCUT2D eigenvalue weighted by Gasteiger charge is 2.15. The second kappa shape index (κ2) is 7.05. The van der Waals surface area contributed by atoms with Gasteiger partial charge in [-0.2, -0.15) is 0 Å². The Bertz CT molecular complexity index is 1200. The fourth-order valence-corrected chi connectivity index (χ4v) is 3.93. The van der Waals surface area contributed by atoms with Crippen LogP contribution in [0.1, 0.15) is 5.56 Å². The normalized spacial score (nSPS) is 12.6. The zero-order valence-electron chi connectivity index (χ0n) is 14.9. The molecule has 0 amide bonds. The van der Waals surface area contributed by atoms with E-state index in [0.717, 1.165) is 35.0 Å². The van der Waals surface area contributed by atoms with E-state index in [1.54, 1.807) is 6.33 Å². The molecule has 0 fully saturated rings. The summed E-state index contributed by atoms with van der Waals surface area (Å²) in [5.74, 6) is 1.49. The van der Waals surface area contributed by atoms with Crippen LogP contribution in [0.25, 0.3) is 11.2 Å². The summed E-state index contributed by atoms with van der Waals surface area (Å²) in [5, 5.41) is 8.82. The van der Waals surface area contributed by atoms with Crippen molar-refractivity contribution in [2.24, 2.45) is 0 Å². The lowest BCUT2D eigenvalue weighted by molar-refractivity contribution is 0.174. The summed E-state index contributed by atoms with van der Waals surface area (Å²) >= 11 is 1.48. The first-order chi connectivity index (χ1) is 13.8. The highest BCUT2D eigenvalue weighted by Crippen LogP contribution is 2.37. The van der Waals surface area contributed by atoms with Crippen LogP contribution in [-0.4, -0.2) is 26.3 Å². The summed E-state index contributed by atoms with van der Waals surface area (Å²) in [6, 6.07) is 16.1. The largest absolute Gasteiger partial charge is 0.454 e. The van der Waals surface area contributed by atoms with Gasteiger partial charge in [-0.1, -0.05) is 42.1 Å². The maximum atomic E-state index is 8.11. The minimum absolute atomic E-state index is 0.191. The Kier molecular flexibility index (Phi) is 4.25. The van der Waals surface area contributed by atoms with Crippen molar-refractivity contribution in [2.75, 3.05) is 6.79 Å². The third-order valence-electron chi connectivity index (χ3n) is 4.54. The number of aromatic nitrogens is 4. The average molecular weight is 391 g/mol. The number of aryl methyl sites for hydroxylation is 2. The average Bonchev–Trinajstić information content (AvgIpc) is 3.35. The predicted molar refractivity (Wildman–Crippen MR) is 105 cm³/mol. The van der Waals surface area contributed by atoms with Crippen LogP contribution in [0.2, 0.25) is 0 Å². The van der Waals surface area contributed by atoms with E-state index in [1.807, 2.05) is 41.0 Å². The van der Waals surface area contributed by atoms with Gasteiger partial charge in [-0.05, 0) is 30.2 Å². The molecular formula is C20H17N5O2S. The van der Waals surface area contributed by atoms with Gasteiger partial charge in [-0.3, -0.25) is 5.41 Å². The van der Waals surface area contributed by atoms with Crippen LogP contribution in [0.3, 0.4) is 0 Å². The van der Waals surface area contributed by atoms with Gasteiger partial charge < -0.3 is 19.0 Å². The summed E-state index contributed by atoms with van der Waals surface area (Å²) in [6.07, 6.45) is 2.56. The van der Waals surface area contributed by atoms with Crippen LogP contribution in [0.15, 0.2) is 64.9 Å². The molecule has 0 saturated carbocycles. The molecule has 140 valence electrons. The van der Waals surface area contributed by atoms with Crippen molar-refractivity contribution in [3.63, 3.8) is 0 Å². The third-order valence-corrected chi connectivity index (χ3v) is 5.42. The van der Waals surface area contributed by atoms with Gasteiger partial charge in [0.25, 0.3) is 0 Å². The van der Waals surface area contributed by atoms with Gasteiger partial charge in [-0.25, -0.2) is 9.97 Å². The lowest BCUT2D eigenvalue weighted by Gasteiger charge is -2.06. The zero-order chi connectivity index (χ0) is 18.9. The van der Waals surface area contributed by atoms with Crippen molar-refractivity contribution in [2.45, 2.75) is 23.0 Å². The number of nitrogens with zero attached hydrogens (tertiary/aromatic N) is 3. The van der Waals surface area contributed by atoms with Gasteiger partial charge in [0.2, 0.25) is 6.79 Å². The molecule has 28 heavy (non-hydrogen) atoms. The van der Waals surface area contributed by atoms with Gasteiger partial charge in [0.15, 0.2) is 27.8 Å². The highest BCUT2D eigenvalue weighted by molar-refractivity contribution is 7.99. The van der Waals surface area contributed by atoms with Crippen LogP contribution >= 0.6 is 11.8 Å². The van der Waals surface area contributed by atoms with Gasteiger partial charge in [0.1, 0.15) is 5.52 Å². The number of hydrogen-bond donors (Lipinski definition) is 2. The van der Waals surface area contributed by atoms with E-state index in [-0.39, 0.29) is 12.3 Å². The van der Waals surface area contributed by atoms with Crippen LogP contribution in [0.4, 0.5) is 0 Å². The number of imidazole rings is 1. The van der Waals surface area contributed by atoms with Crippen molar-refractivity contribution >= 4 is 22.9 Å². The Morgan fingerprint density at radius 1 is 1.11 bits per heavy atom. The van der Waals surface area contributed by atoms with E-state index in [1.165, 1.54) is 17.3 Å². The fourth-order valence-electron chi connectivity index (χ4n) is 3.12. The number of H-pyrrole nitrogens is 1. The molecule has 0 saturated heterocycles. The Morgan fingerprint density at radius 2 is 1.96 bits per heavy atom. The standard InChI is InChI=1S/C20H17N5O2S/c21-18-17-19(25(11-22-18)9-8-13-4-2-1-3-5-13)24-20(23-17)28-14-6-7-15-16(10-14)27-12-26-15/h1-7,10-11,21H,8-9,12H2,(H,23,24). The summed E-state index contributed by atoms with van der Waals surface area (Å²) < 4.78 is 12.8. The quantitative estimate of drug-likeness (QED) is 0.545. The van der Waals surface area contributed by atoms with Crippen molar-refractivity contribution in [1.29, 1.82) is 5.41 Å². The Balaban J connectivity index is 1.43. The predicted octanol–water partition coefficient (Wildman–Crippen LogP) is 3.36. The molecule has 0 unspecified atom stereocenters. The van der Waals surface area contributed by atoms with Crippen LogP contribution in [0.5, 0.6) is 11.5 Å². The molecule has 2 aromatic carbocycles. The lowest BCUT2D eigenvalue weighted by Crippen LogP contribution is -2.13. The minimum atomic E-state index is 0.191. The molecule has 1 aliphatic heterocycles. The summed E-state index contributed by atoms with van der Waals surface area (Å²) in [4.78, 5) is 13.1. The maximum Gasteiger partial charge on any atom is 0.231 e. The highest BCUT2D eigenvalue weighted by atomic mass is 32.2. The first-order valence-corrected chi connectivity index (χ1v) is 9.69. The molecule has 0 atom stereocenters. The number of aromatic amines is 1. The number of hydrogen-bond acceptors (Lipinski definition) is 6. The minimum Gasteiger partial charge on any atom is -0.454 e. The van der Waals surface area contributed by atoms with Crippen molar-refractivity contribution in [3.05, 3.63) is 65.9 Å². The van der Waals surface area contributed by atoms with Crippen LogP contribution in [0, 0.1) is 5.41 Å². The van der Waals surface area contributed by atoms with Gasteiger partial charge in [0.05, 0.1) is 6.33 Å². The first-order valence-electron chi connectivity index (χ1n) is 8.87. The van der Waals surface area contributed by atoms with E-state index >= 15 is 0 Å². The van der Waals surface area contributed by atoms with Crippen LogP contribution in [-0.2, 0) is 13.0 Å². The molecule has 2 N–H and O–H groups in total. The first kappa shape index (κ1) is 16.9. The van der Waals surface area contributed by atoms with Gasteiger partial charge >= 0.3 is 0 Å². The zero-order valence-corrected chi connectivity index (χ0v) is 15.7. The monoisotopic (exact) mass is 391 g/mol. The van der Waals surface area contributed by atoms with E-state index in [9.17, 15) is 0 Å². The maximum absolute atomic E-state index is 8.11. The Labute approximate surface area is 164 Å². The second-order valence-corrected chi connectivity index (χ2v) is 7.44. The molecule has 3 heterocycles. The molecule has 0 radical (unpaired) electrons. The SMILES string of the molecule is N=c1ncn(CCc2ccccc2)c2nc(Sc3ccc4c(c3)OCO4)[nH]c12. The molecule has 8 heteroatoms. The lowest BCUT2D eigenvalue weighted by atomic mass is 10.1.